The van der Waals surface area contributed by atoms with Crippen LogP contribution in [0, 0.1) is 0 Å². The molecule has 0 atom stereocenters. The van der Waals surface area contributed by atoms with Crippen LogP contribution in [0.25, 0.3) is 0 Å². The first-order chi connectivity index (χ1) is 7.95. The maximum atomic E-state index is 11.0. The average molecular weight is 236 g/mol. The number of benzene rings is 1. The molecule has 1 rings (SSSR count). The van der Waals surface area contributed by atoms with Crippen LogP contribution in [0.5, 0.6) is 5.75 Å². The number of amides is 2. The molecule has 4 heteroatoms. The quantitative estimate of drug-likeness (QED) is 0.872. The molecule has 17 heavy (non-hydrogen) atoms. The Morgan fingerprint density at radius 1 is 1.47 bits per heavy atom. The SMILES string of the molecule is COc1ccc(CN(C)C(N)=O)cc1C(C)C. The monoisotopic (exact) mass is 236 g/mol. The first kappa shape index (κ1) is 13.4. The van der Waals surface area contributed by atoms with Gasteiger partial charge in [-0.3, -0.25) is 0 Å². The van der Waals surface area contributed by atoms with Gasteiger partial charge in [0.15, 0.2) is 0 Å². The Morgan fingerprint density at radius 3 is 2.59 bits per heavy atom. The van der Waals surface area contributed by atoms with Crippen molar-refractivity contribution in [2.75, 3.05) is 14.2 Å². The lowest BCUT2D eigenvalue weighted by atomic mass is 9.99. The summed E-state index contributed by atoms with van der Waals surface area (Å²) in [5.74, 6) is 1.26. The molecular weight excluding hydrogens is 216 g/mol. The van der Waals surface area contributed by atoms with Gasteiger partial charge < -0.3 is 15.4 Å². The second-order valence-electron chi connectivity index (χ2n) is 4.43. The Morgan fingerprint density at radius 2 is 2.12 bits per heavy atom. The van der Waals surface area contributed by atoms with Crippen LogP contribution in [-0.2, 0) is 6.54 Å². The number of hydrogen-bond donors (Lipinski definition) is 1. The van der Waals surface area contributed by atoms with Gasteiger partial charge in [0.1, 0.15) is 5.75 Å². The zero-order valence-corrected chi connectivity index (χ0v) is 10.9. The van der Waals surface area contributed by atoms with Gasteiger partial charge in [-0.15, -0.1) is 0 Å². The van der Waals surface area contributed by atoms with Crippen molar-refractivity contribution in [2.24, 2.45) is 5.73 Å². The number of carbonyl (C=O) groups excluding carboxylic acids is 1. The number of primary amides is 1. The van der Waals surface area contributed by atoms with Gasteiger partial charge in [-0.1, -0.05) is 26.0 Å². The topological polar surface area (TPSA) is 55.6 Å². The van der Waals surface area contributed by atoms with Crippen LogP contribution < -0.4 is 10.5 Å². The normalized spacial score (nSPS) is 10.4. The van der Waals surface area contributed by atoms with Gasteiger partial charge in [-0.2, -0.15) is 0 Å². The summed E-state index contributed by atoms with van der Waals surface area (Å²) in [5, 5.41) is 0. The third-order valence-electron chi connectivity index (χ3n) is 2.71. The van der Waals surface area contributed by atoms with Crippen LogP contribution in [-0.4, -0.2) is 25.1 Å². The van der Waals surface area contributed by atoms with E-state index in [0.29, 0.717) is 12.5 Å². The van der Waals surface area contributed by atoms with Crippen molar-refractivity contribution in [1.82, 2.24) is 4.90 Å². The van der Waals surface area contributed by atoms with Crippen molar-refractivity contribution in [3.63, 3.8) is 0 Å². The van der Waals surface area contributed by atoms with E-state index in [2.05, 4.69) is 19.9 Å². The second-order valence-corrected chi connectivity index (χ2v) is 4.43. The Kier molecular flexibility index (Phi) is 4.37. The number of carbonyl (C=O) groups is 1. The van der Waals surface area contributed by atoms with Crippen LogP contribution in [0.4, 0.5) is 4.79 Å². The summed E-state index contributed by atoms with van der Waals surface area (Å²) in [6.07, 6.45) is 0. The van der Waals surface area contributed by atoms with Crippen molar-refractivity contribution >= 4 is 6.03 Å². The minimum atomic E-state index is -0.424. The molecule has 94 valence electrons. The summed E-state index contributed by atoms with van der Waals surface area (Å²) < 4.78 is 5.31. The third-order valence-corrected chi connectivity index (χ3v) is 2.71. The van der Waals surface area contributed by atoms with Crippen molar-refractivity contribution in [1.29, 1.82) is 0 Å². The summed E-state index contributed by atoms with van der Waals surface area (Å²) in [6.45, 7) is 4.73. The fourth-order valence-electron chi connectivity index (χ4n) is 1.69. The molecule has 0 aromatic heterocycles. The molecule has 1 aromatic rings. The van der Waals surface area contributed by atoms with Crippen LogP contribution in [0.1, 0.15) is 30.9 Å². The van der Waals surface area contributed by atoms with E-state index >= 15 is 0 Å². The Balaban J connectivity index is 2.96. The molecule has 2 N–H and O–H groups in total. The maximum Gasteiger partial charge on any atom is 0.314 e. The minimum Gasteiger partial charge on any atom is -0.496 e. The maximum absolute atomic E-state index is 11.0. The molecule has 0 fully saturated rings. The smallest absolute Gasteiger partial charge is 0.314 e. The highest BCUT2D eigenvalue weighted by Crippen LogP contribution is 2.27. The Hall–Kier alpha value is -1.71. The molecule has 0 heterocycles. The first-order valence-electron chi connectivity index (χ1n) is 5.63. The fourth-order valence-corrected chi connectivity index (χ4v) is 1.69. The average Bonchev–Trinajstić information content (AvgIpc) is 2.28. The van der Waals surface area contributed by atoms with E-state index in [4.69, 9.17) is 10.5 Å². The summed E-state index contributed by atoms with van der Waals surface area (Å²) in [5.41, 5.74) is 7.39. The van der Waals surface area contributed by atoms with Gasteiger partial charge in [-0.05, 0) is 23.1 Å². The number of rotatable bonds is 4. The largest absolute Gasteiger partial charge is 0.496 e. The molecule has 0 bridgehead atoms. The van der Waals surface area contributed by atoms with E-state index in [1.165, 1.54) is 4.90 Å². The number of urea groups is 1. The zero-order chi connectivity index (χ0) is 13.0. The van der Waals surface area contributed by atoms with E-state index < -0.39 is 6.03 Å². The molecule has 0 aliphatic rings. The summed E-state index contributed by atoms with van der Waals surface area (Å²) in [6, 6.07) is 5.51. The molecule has 0 aliphatic carbocycles. The van der Waals surface area contributed by atoms with Gasteiger partial charge >= 0.3 is 6.03 Å². The summed E-state index contributed by atoms with van der Waals surface area (Å²) in [4.78, 5) is 12.4. The van der Waals surface area contributed by atoms with Gasteiger partial charge in [0.25, 0.3) is 0 Å². The highest BCUT2D eigenvalue weighted by Gasteiger charge is 2.10. The molecule has 1 aromatic carbocycles. The second kappa shape index (κ2) is 5.57. The predicted octanol–water partition coefficient (Wildman–Crippen LogP) is 2.33. The van der Waals surface area contributed by atoms with E-state index in [1.807, 2.05) is 12.1 Å². The van der Waals surface area contributed by atoms with Crippen molar-refractivity contribution in [2.45, 2.75) is 26.3 Å². The number of nitrogens with zero attached hydrogens (tertiary/aromatic N) is 1. The van der Waals surface area contributed by atoms with Gasteiger partial charge in [0.05, 0.1) is 7.11 Å². The molecule has 2 amide bonds. The molecule has 0 saturated heterocycles. The third kappa shape index (κ3) is 3.37. The number of ether oxygens (including phenoxy) is 1. The van der Waals surface area contributed by atoms with E-state index in [9.17, 15) is 4.79 Å². The van der Waals surface area contributed by atoms with Crippen LogP contribution in [0.2, 0.25) is 0 Å². The zero-order valence-electron chi connectivity index (χ0n) is 10.9. The number of nitrogens with two attached hydrogens (primary N) is 1. The van der Waals surface area contributed by atoms with Crippen molar-refractivity contribution < 1.29 is 9.53 Å². The van der Waals surface area contributed by atoms with Crippen LogP contribution in [0.3, 0.4) is 0 Å². The highest BCUT2D eigenvalue weighted by molar-refractivity contribution is 5.71. The van der Waals surface area contributed by atoms with E-state index in [-0.39, 0.29) is 0 Å². The first-order valence-corrected chi connectivity index (χ1v) is 5.63. The van der Waals surface area contributed by atoms with Gasteiger partial charge in [0, 0.05) is 13.6 Å². The van der Waals surface area contributed by atoms with E-state index in [1.54, 1.807) is 14.2 Å². The standard InChI is InChI=1S/C13H20N2O2/c1-9(2)11-7-10(5-6-12(11)17-4)8-15(3)13(14)16/h5-7,9H,8H2,1-4H3,(H2,14,16). The van der Waals surface area contributed by atoms with Gasteiger partial charge in [-0.25, -0.2) is 4.79 Å². The Bertz CT molecular complexity index is 402. The molecular formula is C13H20N2O2. The minimum absolute atomic E-state index is 0.379. The fraction of sp³-hybridized carbons (Fsp3) is 0.462. The van der Waals surface area contributed by atoms with Crippen molar-refractivity contribution in [3.8, 4) is 5.75 Å². The molecule has 4 nitrogen and oxygen atoms in total. The van der Waals surface area contributed by atoms with Gasteiger partial charge in [0.2, 0.25) is 0 Å². The molecule has 0 spiro atoms. The van der Waals surface area contributed by atoms with Crippen LogP contribution >= 0.6 is 0 Å². The summed E-state index contributed by atoms with van der Waals surface area (Å²) in [7, 11) is 3.35. The number of hydrogen-bond acceptors (Lipinski definition) is 2. The molecule has 0 aliphatic heterocycles. The summed E-state index contributed by atoms with van der Waals surface area (Å²) >= 11 is 0. The molecule has 0 radical (unpaired) electrons. The lowest BCUT2D eigenvalue weighted by molar-refractivity contribution is 0.216. The Labute approximate surface area is 102 Å². The molecule has 0 unspecified atom stereocenters. The lowest BCUT2D eigenvalue weighted by Gasteiger charge is -2.17. The predicted molar refractivity (Wildman–Crippen MR) is 68.1 cm³/mol. The lowest BCUT2D eigenvalue weighted by Crippen LogP contribution is -2.31. The highest BCUT2D eigenvalue weighted by atomic mass is 16.5. The van der Waals surface area contributed by atoms with E-state index in [0.717, 1.165) is 16.9 Å². The number of methoxy groups -OCH3 is 1. The van der Waals surface area contributed by atoms with Crippen molar-refractivity contribution in [3.05, 3.63) is 29.3 Å². The van der Waals surface area contributed by atoms with Crippen LogP contribution in [0.15, 0.2) is 18.2 Å². The molecule has 0 saturated carbocycles.